The van der Waals surface area contributed by atoms with Crippen molar-refractivity contribution in [3.05, 3.63) is 47.9 Å². The molecule has 0 unspecified atom stereocenters. The highest BCUT2D eigenvalue weighted by Crippen LogP contribution is 2.25. The summed E-state index contributed by atoms with van der Waals surface area (Å²) in [7, 11) is 1.56. The summed E-state index contributed by atoms with van der Waals surface area (Å²) in [6, 6.07) is 4.16. The monoisotopic (exact) mass is 411 g/mol. The zero-order chi connectivity index (χ0) is 19.6. The molecule has 0 radical (unpaired) electrons. The smallest absolute Gasteiger partial charge is 0.413 e. The number of amides is 1. The number of carbonyl (C=O) groups is 1. The van der Waals surface area contributed by atoms with Crippen LogP contribution in [0.2, 0.25) is 0 Å². The van der Waals surface area contributed by atoms with Crippen molar-refractivity contribution < 1.29 is 18.3 Å². The first-order valence-electron chi connectivity index (χ1n) is 7.75. The van der Waals surface area contributed by atoms with Gasteiger partial charge in [-0.25, -0.2) is 18.9 Å². The lowest BCUT2D eigenvalue weighted by atomic mass is 10.2. The lowest BCUT2D eigenvalue weighted by Crippen LogP contribution is -2.19. The summed E-state index contributed by atoms with van der Waals surface area (Å²) in [5.74, 6) is -1.46. The Morgan fingerprint density at radius 3 is 2.71 bits per heavy atom. The molecule has 0 aromatic carbocycles. The number of halogens is 3. The van der Waals surface area contributed by atoms with Gasteiger partial charge in [0.25, 0.3) is 0 Å². The lowest BCUT2D eigenvalue weighted by Gasteiger charge is -2.15. The molecule has 1 atom stereocenters. The highest BCUT2D eigenvalue weighted by atomic mass is 35.5. The number of aromatic nitrogens is 5. The first-order valence-corrected chi connectivity index (χ1v) is 7.75. The number of nitrogen functional groups attached to an aromatic ring is 1. The molecule has 3 heterocycles. The van der Waals surface area contributed by atoms with E-state index in [1.807, 2.05) is 0 Å². The Bertz CT molecular complexity index is 982. The van der Waals surface area contributed by atoms with Gasteiger partial charge in [0.15, 0.2) is 11.5 Å². The van der Waals surface area contributed by atoms with E-state index in [1.54, 1.807) is 19.2 Å². The van der Waals surface area contributed by atoms with Crippen LogP contribution in [0.3, 0.4) is 0 Å². The Labute approximate surface area is 164 Å². The maximum absolute atomic E-state index is 13.7. The fraction of sp³-hybridized carbons (Fsp3) is 0.188. The minimum absolute atomic E-state index is 0. The summed E-state index contributed by atoms with van der Waals surface area (Å²) in [6.07, 6.45) is 0.188. The summed E-state index contributed by atoms with van der Waals surface area (Å²) in [4.78, 5) is 19.6. The maximum Gasteiger partial charge on any atom is 0.413 e. The van der Waals surface area contributed by atoms with Gasteiger partial charge in [-0.1, -0.05) is 5.21 Å². The number of hydrogen-bond acceptors (Lipinski definition) is 7. The molecular weight excluding hydrogens is 396 g/mol. The predicted molar refractivity (Wildman–Crippen MR) is 98.6 cm³/mol. The molecule has 0 bridgehead atoms. The van der Waals surface area contributed by atoms with E-state index in [2.05, 4.69) is 25.6 Å². The van der Waals surface area contributed by atoms with Crippen LogP contribution in [0.1, 0.15) is 18.6 Å². The standard InChI is InChI=1S/C16H15F2N7O2.ClH/c1-8(11-5-9(17)6-21-14(11)18)27-16(26)22-15-13(23-24-25(15)2)12-4-3-10(19)7-20-12;/h3-8H,19H2,1-2H3,(H,22,26);1H/t8-;/m1./s1. The van der Waals surface area contributed by atoms with Gasteiger partial charge in [0.2, 0.25) is 5.95 Å². The van der Waals surface area contributed by atoms with Gasteiger partial charge in [0.05, 0.1) is 29.3 Å². The Balaban J connectivity index is 0.00000280. The topological polar surface area (TPSA) is 121 Å². The highest BCUT2D eigenvalue weighted by Gasteiger charge is 2.21. The first kappa shape index (κ1) is 21.0. The lowest BCUT2D eigenvalue weighted by molar-refractivity contribution is 0.118. The normalized spacial score (nSPS) is 11.4. The van der Waals surface area contributed by atoms with Gasteiger partial charge >= 0.3 is 6.09 Å². The second-order valence-corrected chi connectivity index (χ2v) is 5.59. The van der Waals surface area contributed by atoms with Gasteiger partial charge in [0.1, 0.15) is 11.9 Å². The summed E-state index contributed by atoms with van der Waals surface area (Å²) in [5.41, 5.74) is 6.61. The maximum atomic E-state index is 13.7. The Morgan fingerprint density at radius 2 is 2.04 bits per heavy atom. The summed E-state index contributed by atoms with van der Waals surface area (Å²) >= 11 is 0. The predicted octanol–water partition coefficient (Wildman–Crippen LogP) is 2.86. The van der Waals surface area contributed by atoms with Crippen molar-refractivity contribution in [3.63, 3.8) is 0 Å². The third-order valence-corrected chi connectivity index (χ3v) is 3.63. The molecule has 3 rings (SSSR count). The van der Waals surface area contributed by atoms with Crippen molar-refractivity contribution >= 4 is 30.0 Å². The van der Waals surface area contributed by atoms with Crippen LogP contribution in [-0.2, 0) is 11.8 Å². The molecule has 0 aliphatic carbocycles. The Hall–Kier alpha value is -3.34. The van der Waals surface area contributed by atoms with Gasteiger partial charge in [-0.3, -0.25) is 10.3 Å². The van der Waals surface area contributed by atoms with Gasteiger partial charge < -0.3 is 10.5 Å². The molecule has 0 aliphatic rings. The molecule has 3 N–H and O–H groups in total. The summed E-state index contributed by atoms with van der Waals surface area (Å²) in [6.45, 7) is 1.39. The molecule has 1 amide bonds. The number of anilines is 2. The number of nitrogens with two attached hydrogens (primary N) is 1. The van der Waals surface area contributed by atoms with E-state index in [0.29, 0.717) is 17.1 Å². The van der Waals surface area contributed by atoms with Crippen molar-refractivity contribution in [2.75, 3.05) is 11.1 Å². The van der Waals surface area contributed by atoms with Crippen molar-refractivity contribution in [2.45, 2.75) is 13.0 Å². The van der Waals surface area contributed by atoms with Crippen molar-refractivity contribution in [2.24, 2.45) is 7.05 Å². The summed E-state index contributed by atoms with van der Waals surface area (Å²) < 4.78 is 33.4. The first-order chi connectivity index (χ1) is 12.8. The average Bonchev–Trinajstić information content (AvgIpc) is 2.98. The number of rotatable bonds is 4. The molecule has 0 saturated carbocycles. The van der Waals surface area contributed by atoms with Crippen molar-refractivity contribution in [1.82, 2.24) is 25.0 Å². The third kappa shape index (κ3) is 4.49. The quantitative estimate of drug-likeness (QED) is 0.633. The number of hydrogen-bond donors (Lipinski definition) is 2. The molecule has 9 nitrogen and oxygen atoms in total. The molecule has 0 fully saturated rings. The van der Waals surface area contributed by atoms with Crippen LogP contribution in [0.5, 0.6) is 0 Å². The van der Waals surface area contributed by atoms with Crippen LogP contribution in [-0.4, -0.2) is 31.1 Å². The molecule has 3 aromatic rings. The van der Waals surface area contributed by atoms with E-state index in [9.17, 15) is 13.6 Å². The molecular formula is C16H16ClF2N7O2. The van der Waals surface area contributed by atoms with Crippen LogP contribution in [0, 0.1) is 11.8 Å². The van der Waals surface area contributed by atoms with Gasteiger partial charge in [0, 0.05) is 7.05 Å². The van der Waals surface area contributed by atoms with Crippen LogP contribution in [0.4, 0.5) is 25.1 Å². The van der Waals surface area contributed by atoms with E-state index in [1.165, 1.54) is 17.8 Å². The zero-order valence-electron chi connectivity index (χ0n) is 14.8. The molecule has 0 saturated heterocycles. The van der Waals surface area contributed by atoms with Crippen LogP contribution in [0.15, 0.2) is 30.6 Å². The largest absolute Gasteiger partial charge is 0.441 e. The molecule has 0 aliphatic heterocycles. The molecule has 148 valence electrons. The van der Waals surface area contributed by atoms with Crippen LogP contribution in [0.25, 0.3) is 11.4 Å². The molecule has 0 spiro atoms. The SMILES string of the molecule is C[C@@H](OC(=O)Nc1c(-c2ccc(N)cn2)nnn1C)c1cc(F)cnc1F.Cl. The van der Waals surface area contributed by atoms with Crippen LogP contribution < -0.4 is 11.1 Å². The Kier molecular flexibility index (Phi) is 6.41. The number of nitrogens with one attached hydrogen (secondary N) is 1. The number of pyridine rings is 2. The highest BCUT2D eigenvalue weighted by molar-refractivity contribution is 5.88. The third-order valence-electron chi connectivity index (χ3n) is 3.63. The molecule has 3 aromatic heterocycles. The van der Waals surface area contributed by atoms with Crippen molar-refractivity contribution in [3.8, 4) is 11.4 Å². The molecule has 28 heavy (non-hydrogen) atoms. The second kappa shape index (κ2) is 8.57. The van der Waals surface area contributed by atoms with E-state index < -0.39 is 24.0 Å². The zero-order valence-corrected chi connectivity index (χ0v) is 15.6. The minimum atomic E-state index is -1.08. The molecule has 12 heteroatoms. The Morgan fingerprint density at radius 1 is 1.29 bits per heavy atom. The summed E-state index contributed by atoms with van der Waals surface area (Å²) in [5, 5.41) is 10.3. The van der Waals surface area contributed by atoms with E-state index in [4.69, 9.17) is 10.5 Å². The fourth-order valence-electron chi connectivity index (χ4n) is 2.29. The van der Waals surface area contributed by atoms with E-state index in [-0.39, 0.29) is 23.8 Å². The number of aryl methyl sites for hydroxylation is 1. The van der Waals surface area contributed by atoms with Gasteiger partial charge in [-0.15, -0.1) is 17.5 Å². The number of ether oxygens (including phenoxy) is 1. The fourth-order valence-corrected chi connectivity index (χ4v) is 2.29. The van der Waals surface area contributed by atoms with Crippen LogP contribution >= 0.6 is 12.4 Å². The minimum Gasteiger partial charge on any atom is -0.441 e. The number of nitrogens with zero attached hydrogens (tertiary/aromatic N) is 5. The van der Waals surface area contributed by atoms with E-state index in [0.717, 1.165) is 12.3 Å². The second-order valence-electron chi connectivity index (χ2n) is 5.59. The average molecular weight is 412 g/mol. The van der Waals surface area contributed by atoms with Crippen molar-refractivity contribution in [1.29, 1.82) is 0 Å². The van der Waals surface area contributed by atoms with E-state index >= 15 is 0 Å². The number of carbonyl (C=O) groups excluding carboxylic acids is 1. The van der Waals surface area contributed by atoms with Gasteiger partial charge in [-0.2, -0.15) is 4.39 Å². The van der Waals surface area contributed by atoms with Gasteiger partial charge in [-0.05, 0) is 25.1 Å².